The van der Waals surface area contributed by atoms with Gasteiger partial charge in [-0.3, -0.25) is 4.90 Å². The molecule has 5 N–H and O–H groups in total. The maximum atomic E-state index is 12.8. The third-order valence-corrected chi connectivity index (χ3v) is 11.2. The number of fused-ring (bicyclic) bond motifs is 2. The molecule has 1 heterocycles. The van der Waals surface area contributed by atoms with Crippen LogP contribution in [0.3, 0.4) is 0 Å². The number of piperidine rings is 1. The maximum Gasteiger partial charge on any atom is 0.117 e. The van der Waals surface area contributed by atoms with Crippen LogP contribution in [0.1, 0.15) is 39.0 Å². The molecule has 5 saturated carbocycles. The molecule has 176 valence electrons. The summed E-state index contributed by atoms with van der Waals surface area (Å²) in [7, 11) is 3.36. The molecule has 6 fully saturated rings. The molecule has 1 spiro atoms. The van der Waals surface area contributed by atoms with Crippen LogP contribution in [-0.4, -0.2) is 106 Å². The molecule has 8 nitrogen and oxygen atoms in total. The average molecular weight is 440 g/mol. The fraction of sp³-hybridized carbons (Fsp3) is 1.00. The van der Waals surface area contributed by atoms with Crippen molar-refractivity contribution in [2.45, 2.75) is 80.2 Å². The second-order valence-electron chi connectivity index (χ2n) is 11.6. The Morgan fingerprint density at radius 2 is 1.74 bits per heavy atom. The summed E-state index contributed by atoms with van der Waals surface area (Å²) in [6, 6.07) is -0.135. The fourth-order valence-electron chi connectivity index (χ4n) is 10.3. The molecule has 0 aromatic carbocycles. The van der Waals surface area contributed by atoms with Gasteiger partial charge in [-0.15, -0.1) is 0 Å². The molecule has 31 heavy (non-hydrogen) atoms. The smallest absolute Gasteiger partial charge is 0.117 e. The lowest BCUT2D eigenvalue weighted by Gasteiger charge is -2.71. The van der Waals surface area contributed by atoms with E-state index in [1.807, 2.05) is 0 Å². The molecule has 0 amide bonds. The van der Waals surface area contributed by atoms with Crippen LogP contribution < -0.4 is 0 Å². The van der Waals surface area contributed by atoms with E-state index in [1.165, 1.54) is 0 Å². The lowest BCUT2D eigenvalue weighted by atomic mass is 9.41. The molecular weight excluding hydrogens is 402 g/mol. The number of aliphatic hydroxyl groups is 5. The first-order valence-electron chi connectivity index (χ1n) is 11.9. The van der Waals surface area contributed by atoms with Gasteiger partial charge >= 0.3 is 0 Å². The second-order valence-corrected chi connectivity index (χ2v) is 11.6. The Morgan fingerprint density at radius 3 is 2.39 bits per heavy atom. The molecule has 5 aliphatic carbocycles. The summed E-state index contributed by atoms with van der Waals surface area (Å²) < 4.78 is 11.8. The van der Waals surface area contributed by atoms with Gasteiger partial charge in [-0.2, -0.15) is 0 Å². The van der Waals surface area contributed by atoms with Crippen molar-refractivity contribution in [1.29, 1.82) is 0 Å². The molecule has 0 radical (unpaired) electrons. The van der Waals surface area contributed by atoms with E-state index in [4.69, 9.17) is 9.47 Å². The zero-order valence-electron chi connectivity index (χ0n) is 18.7. The van der Waals surface area contributed by atoms with Crippen LogP contribution in [0.5, 0.6) is 0 Å². The minimum Gasteiger partial charge on any atom is -0.390 e. The van der Waals surface area contributed by atoms with E-state index >= 15 is 0 Å². The summed E-state index contributed by atoms with van der Waals surface area (Å²) in [4.78, 5) is 2.39. The highest BCUT2D eigenvalue weighted by Gasteiger charge is 2.89. The molecule has 1 saturated heterocycles. The van der Waals surface area contributed by atoms with Gasteiger partial charge < -0.3 is 35.0 Å². The fourth-order valence-corrected chi connectivity index (χ4v) is 10.3. The first kappa shape index (κ1) is 21.2. The highest BCUT2D eigenvalue weighted by atomic mass is 16.5. The topological polar surface area (TPSA) is 123 Å². The minimum absolute atomic E-state index is 0.0293. The number of hydrogen-bond acceptors (Lipinski definition) is 8. The zero-order chi connectivity index (χ0) is 22.2. The van der Waals surface area contributed by atoms with Crippen LogP contribution >= 0.6 is 0 Å². The SMILES string of the molecule is CCN1C[C@@]2(COC)CC[C@@H](OC)[C@]34[C@@H]5C[C@]6(O)[C@H](O)C[C@@](O)([C@H]5[C@H]6O)[C@H](C[C@@]23O)[C@H]14. The lowest BCUT2D eigenvalue weighted by Crippen LogP contribution is -2.81. The Morgan fingerprint density at radius 1 is 1.00 bits per heavy atom. The summed E-state index contributed by atoms with van der Waals surface area (Å²) >= 11 is 0. The standard InChI is InChI=1S/C23H37NO7/c1-4-24-10-19(11-30-2)6-5-15(31-3)23-12-7-21(28)14(25)9-20(27,16(12)18(21)26)13(17(23)24)8-22(19,23)29/h12-18,25-29H,4-11H2,1-3H3/t12-,13-,14-,15-,16-,17+,18-,19-,20+,21+,22-,23+/m1/s1. The van der Waals surface area contributed by atoms with E-state index < -0.39 is 45.8 Å². The maximum absolute atomic E-state index is 12.8. The number of nitrogens with zero attached hydrogens (tertiary/aromatic N) is 1. The second kappa shape index (κ2) is 6.02. The van der Waals surface area contributed by atoms with Crippen molar-refractivity contribution < 1.29 is 35.0 Å². The van der Waals surface area contributed by atoms with Gasteiger partial charge in [0.2, 0.25) is 0 Å². The summed E-state index contributed by atoms with van der Waals surface area (Å²) in [5, 5.41) is 58.4. The van der Waals surface area contributed by atoms with E-state index in [2.05, 4.69) is 11.8 Å². The van der Waals surface area contributed by atoms with Crippen LogP contribution in [0.2, 0.25) is 0 Å². The molecule has 6 rings (SSSR count). The van der Waals surface area contributed by atoms with Gasteiger partial charge in [0, 0.05) is 55.9 Å². The van der Waals surface area contributed by atoms with Crippen molar-refractivity contribution in [3.05, 3.63) is 0 Å². The first-order valence-corrected chi connectivity index (χ1v) is 11.9. The van der Waals surface area contributed by atoms with Gasteiger partial charge in [-0.05, 0) is 38.1 Å². The predicted molar refractivity (Wildman–Crippen MR) is 109 cm³/mol. The molecule has 8 heteroatoms. The third-order valence-electron chi connectivity index (χ3n) is 11.2. The van der Waals surface area contributed by atoms with Crippen molar-refractivity contribution in [1.82, 2.24) is 4.90 Å². The predicted octanol–water partition coefficient (Wildman–Crippen LogP) is -0.893. The lowest BCUT2D eigenvalue weighted by molar-refractivity contribution is -0.325. The number of aliphatic hydroxyl groups excluding tert-OH is 2. The van der Waals surface area contributed by atoms with E-state index in [1.54, 1.807) is 14.2 Å². The highest BCUT2D eigenvalue weighted by Crippen LogP contribution is 2.80. The third kappa shape index (κ3) is 1.89. The van der Waals surface area contributed by atoms with E-state index in [0.29, 0.717) is 19.6 Å². The molecule has 0 aromatic heterocycles. The Kier molecular flexibility index (Phi) is 4.12. The zero-order valence-corrected chi connectivity index (χ0v) is 18.7. The normalized spacial score (nSPS) is 64.1. The molecule has 0 unspecified atom stereocenters. The van der Waals surface area contributed by atoms with E-state index in [-0.39, 0.29) is 36.8 Å². The minimum atomic E-state index is -1.66. The highest BCUT2D eigenvalue weighted by molar-refractivity contribution is 5.39. The number of rotatable bonds is 4. The quantitative estimate of drug-likeness (QED) is 0.382. The first-order chi connectivity index (χ1) is 14.6. The Hall–Kier alpha value is -0.320. The largest absolute Gasteiger partial charge is 0.390 e. The number of methoxy groups -OCH3 is 2. The van der Waals surface area contributed by atoms with Gasteiger partial charge in [0.05, 0.1) is 36.1 Å². The summed E-state index contributed by atoms with van der Waals surface area (Å²) in [6.07, 6.45) is -0.550. The molecule has 1 aliphatic heterocycles. The van der Waals surface area contributed by atoms with Gasteiger partial charge in [0.15, 0.2) is 0 Å². The van der Waals surface area contributed by atoms with Crippen LogP contribution in [0, 0.1) is 28.6 Å². The van der Waals surface area contributed by atoms with Crippen molar-refractivity contribution in [2.24, 2.45) is 28.6 Å². The molecule has 6 aliphatic rings. The monoisotopic (exact) mass is 439 g/mol. The summed E-state index contributed by atoms with van der Waals surface area (Å²) in [6.45, 7) is 3.99. The van der Waals surface area contributed by atoms with E-state index in [9.17, 15) is 25.5 Å². The van der Waals surface area contributed by atoms with Gasteiger partial charge in [-0.25, -0.2) is 0 Å². The molecule has 0 aromatic rings. The van der Waals surface area contributed by atoms with Crippen molar-refractivity contribution in [3.63, 3.8) is 0 Å². The van der Waals surface area contributed by atoms with Crippen LogP contribution in [0.4, 0.5) is 0 Å². The molecular formula is C23H37NO7. The molecule has 12 atom stereocenters. The van der Waals surface area contributed by atoms with Crippen LogP contribution in [0.15, 0.2) is 0 Å². The van der Waals surface area contributed by atoms with Crippen LogP contribution in [-0.2, 0) is 9.47 Å². The van der Waals surface area contributed by atoms with Gasteiger partial charge in [-0.1, -0.05) is 6.92 Å². The number of hydrogen-bond donors (Lipinski definition) is 5. The number of likely N-dealkylation sites (tertiary alicyclic amines) is 1. The number of ether oxygens (including phenoxy) is 2. The van der Waals surface area contributed by atoms with Gasteiger partial charge in [0.25, 0.3) is 0 Å². The Bertz CT molecular complexity index is 798. The van der Waals surface area contributed by atoms with Crippen molar-refractivity contribution in [2.75, 3.05) is 33.9 Å². The Balaban J connectivity index is 1.65. The van der Waals surface area contributed by atoms with Crippen molar-refractivity contribution >= 4 is 0 Å². The summed E-state index contributed by atoms with van der Waals surface area (Å²) in [5.74, 6) is -1.27. The van der Waals surface area contributed by atoms with Gasteiger partial charge in [0.1, 0.15) is 5.60 Å². The van der Waals surface area contributed by atoms with Crippen molar-refractivity contribution in [3.8, 4) is 0 Å². The van der Waals surface area contributed by atoms with E-state index in [0.717, 1.165) is 19.4 Å². The summed E-state index contributed by atoms with van der Waals surface area (Å²) in [5.41, 5.74) is -5.40. The molecule has 7 bridgehead atoms. The Labute approximate surface area is 183 Å². The average Bonchev–Trinajstić information content (AvgIpc) is 3.07. The van der Waals surface area contributed by atoms with Crippen LogP contribution in [0.25, 0.3) is 0 Å².